The van der Waals surface area contributed by atoms with E-state index < -0.39 is 6.10 Å². The molecule has 1 aromatic rings. The number of benzene rings is 1. The molecule has 0 saturated heterocycles. The van der Waals surface area contributed by atoms with Gasteiger partial charge in [0.25, 0.3) is 0 Å². The number of hydrogen-bond donors (Lipinski definition) is 1. The molecule has 1 atom stereocenters. The second kappa shape index (κ2) is 7.28. The lowest BCUT2D eigenvalue weighted by molar-refractivity contribution is 0.190. The van der Waals surface area contributed by atoms with Gasteiger partial charge in [-0.1, -0.05) is 26.2 Å². The first-order chi connectivity index (χ1) is 8.15. The molecule has 2 nitrogen and oxygen atoms in total. The van der Waals surface area contributed by atoms with Crippen molar-refractivity contribution in [3.8, 4) is 5.75 Å². The van der Waals surface area contributed by atoms with Gasteiger partial charge in [0.05, 0.1) is 12.7 Å². The van der Waals surface area contributed by atoms with Gasteiger partial charge in [0.2, 0.25) is 0 Å². The zero-order valence-electron chi connectivity index (χ0n) is 10.6. The van der Waals surface area contributed by atoms with Crippen LogP contribution in [0.5, 0.6) is 5.75 Å². The molecule has 0 spiro atoms. The van der Waals surface area contributed by atoms with E-state index in [-0.39, 0.29) is 5.82 Å². The first-order valence-electron chi connectivity index (χ1n) is 6.25. The normalized spacial score (nSPS) is 12.5. The zero-order valence-corrected chi connectivity index (χ0v) is 10.6. The fraction of sp³-hybridized carbons (Fsp3) is 0.571. The number of aliphatic hydroxyl groups is 1. The summed E-state index contributed by atoms with van der Waals surface area (Å²) >= 11 is 0. The molecule has 0 heterocycles. The average Bonchev–Trinajstić information content (AvgIpc) is 2.28. The van der Waals surface area contributed by atoms with Crippen molar-refractivity contribution < 1.29 is 14.2 Å². The molecule has 0 unspecified atom stereocenters. The Kier molecular flexibility index (Phi) is 5.98. The Labute approximate surface area is 102 Å². The summed E-state index contributed by atoms with van der Waals surface area (Å²) < 4.78 is 18.6. The van der Waals surface area contributed by atoms with Crippen LogP contribution in [0.2, 0.25) is 0 Å². The Balaban J connectivity index is 2.53. The molecule has 0 radical (unpaired) electrons. The molecule has 0 amide bonds. The Morgan fingerprint density at radius 1 is 1.29 bits per heavy atom. The van der Waals surface area contributed by atoms with E-state index in [4.69, 9.17) is 4.74 Å². The molecule has 1 N–H and O–H groups in total. The first kappa shape index (κ1) is 14.0. The monoisotopic (exact) mass is 240 g/mol. The lowest BCUT2D eigenvalue weighted by Crippen LogP contribution is -2.02. The van der Waals surface area contributed by atoms with Gasteiger partial charge in [-0.25, -0.2) is 4.39 Å². The highest BCUT2D eigenvalue weighted by molar-refractivity contribution is 5.35. The van der Waals surface area contributed by atoms with Crippen molar-refractivity contribution in [1.29, 1.82) is 0 Å². The number of unbranched alkanes of at least 4 members (excludes halogenated alkanes) is 3. The van der Waals surface area contributed by atoms with Crippen LogP contribution in [0.4, 0.5) is 4.39 Å². The van der Waals surface area contributed by atoms with E-state index in [2.05, 4.69) is 6.92 Å². The third-order valence-electron chi connectivity index (χ3n) is 2.68. The summed E-state index contributed by atoms with van der Waals surface area (Å²) in [6, 6.07) is 4.25. The second-order valence-electron chi connectivity index (χ2n) is 4.27. The van der Waals surface area contributed by atoms with Crippen LogP contribution >= 0.6 is 0 Å². The molecule has 0 fully saturated rings. The number of aliphatic hydroxyl groups excluding tert-OH is 1. The predicted octanol–water partition coefficient (Wildman–Crippen LogP) is 3.84. The van der Waals surface area contributed by atoms with E-state index in [1.807, 2.05) is 0 Å². The molecule has 0 aliphatic carbocycles. The Morgan fingerprint density at radius 2 is 2.06 bits per heavy atom. The summed E-state index contributed by atoms with van der Waals surface area (Å²) in [7, 11) is 0. The molecule has 96 valence electrons. The average molecular weight is 240 g/mol. The van der Waals surface area contributed by atoms with Crippen LogP contribution in [-0.4, -0.2) is 11.7 Å². The van der Waals surface area contributed by atoms with Crippen molar-refractivity contribution in [1.82, 2.24) is 0 Å². The summed E-state index contributed by atoms with van der Waals surface area (Å²) in [6.45, 7) is 4.37. The van der Waals surface area contributed by atoms with Crippen LogP contribution in [0.25, 0.3) is 0 Å². The molecule has 0 bridgehead atoms. The van der Waals surface area contributed by atoms with E-state index in [1.54, 1.807) is 13.0 Å². The SMILES string of the molecule is CCCCCCOc1cc(F)ccc1[C@@H](C)O. The van der Waals surface area contributed by atoms with Crippen molar-refractivity contribution in [3.63, 3.8) is 0 Å². The molecular formula is C14H21FO2. The quantitative estimate of drug-likeness (QED) is 0.734. The molecule has 0 aliphatic heterocycles. The third kappa shape index (κ3) is 4.73. The van der Waals surface area contributed by atoms with Crippen molar-refractivity contribution in [2.45, 2.75) is 45.6 Å². The Bertz CT molecular complexity index is 337. The van der Waals surface area contributed by atoms with Gasteiger partial charge in [-0.05, 0) is 25.5 Å². The maximum atomic E-state index is 13.1. The van der Waals surface area contributed by atoms with Crippen molar-refractivity contribution >= 4 is 0 Å². The summed E-state index contributed by atoms with van der Waals surface area (Å²) in [6.07, 6.45) is 3.81. The van der Waals surface area contributed by atoms with Crippen LogP contribution in [0.1, 0.15) is 51.2 Å². The van der Waals surface area contributed by atoms with Crippen molar-refractivity contribution in [2.75, 3.05) is 6.61 Å². The number of rotatable bonds is 7. The number of ether oxygens (including phenoxy) is 1. The molecule has 3 heteroatoms. The summed E-state index contributed by atoms with van der Waals surface area (Å²) in [4.78, 5) is 0. The number of hydrogen-bond acceptors (Lipinski definition) is 2. The fourth-order valence-electron chi connectivity index (χ4n) is 1.69. The van der Waals surface area contributed by atoms with E-state index in [0.29, 0.717) is 17.9 Å². The maximum Gasteiger partial charge on any atom is 0.127 e. The highest BCUT2D eigenvalue weighted by Crippen LogP contribution is 2.26. The first-order valence-corrected chi connectivity index (χ1v) is 6.25. The van der Waals surface area contributed by atoms with Crippen LogP contribution in [0, 0.1) is 5.82 Å². The minimum absolute atomic E-state index is 0.335. The van der Waals surface area contributed by atoms with E-state index in [9.17, 15) is 9.50 Å². The predicted molar refractivity (Wildman–Crippen MR) is 66.7 cm³/mol. The van der Waals surface area contributed by atoms with E-state index in [1.165, 1.54) is 25.0 Å². The highest BCUT2D eigenvalue weighted by Gasteiger charge is 2.10. The molecule has 1 aromatic carbocycles. The van der Waals surface area contributed by atoms with Crippen LogP contribution in [0.3, 0.4) is 0 Å². The van der Waals surface area contributed by atoms with Crippen LogP contribution in [-0.2, 0) is 0 Å². The molecule has 0 aromatic heterocycles. The van der Waals surface area contributed by atoms with Gasteiger partial charge in [-0.3, -0.25) is 0 Å². The maximum absolute atomic E-state index is 13.1. The van der Waals surface area contributed by atoms with Gasteiger partial charge < -0.3 is 9.84 Å². The van der Waals surface area contributed by atoms with E-state index >= 15 is 0 Å². The second-order valence-corrected chi connectivity index (χ2v) is 4.27. The Hall–Kier alpha value is -1.09. The molecule has 0 aliphatic rings. The number of halogens is 1. The lowest BCUT2D eigenvalue weighted by atomic mass is 10.1. The zero-order chi connectivity index (χ0) is 12.7. The van der Waals surface area contributed by atoms with E-state index in [0.717, 1.165) is 12.8 Å². The van der Waals surface area contributed by atoms with Gasteiger partial charge in [0.15, 0.2) is 0 Å². The summed E-state index contributed by atoms with van der Waals surface area (Å²) in [5.74, 6) is 0.120. The Morgan fingerprint density at radius 3 is 2.71 bits per heavy atom. The molecule has 1 rings (SSSR count). The van der Waals surface area contributed by atoms with Crippen LogP contribution in [0.15, 0.2) is 18.2 Å². The van der Waals surface area contributed by atoms with Crippen molar-refractivity contribution in [3.05, 3.63) is 29.6 Å². The molecule has 0 saturated carbocycles. The van der Waals surface area contributed by atoms with Crippen molar-refractivity contribution in [2.24, 2.45) is 0 Å². The molecule has 17 heavy (non-hydrogen) atoms. The fourth-order valence-corrected chi connectivity index (χ4v) is 1.69. The van der Waals surface area contributed by atoms with Gasteiger partial charge in [-0.15, -0.1) is 0 Å². The van der Waals surface area contributed by atoms with Gasteiger partial charge in [0, 0.05) is 11.6 Å². The summed E-state index contributed by atoms with van der Waals surface area (Å²) in [5.41, 5.74) is 0.641. The third-order valence-corrected chi connectivity index (χ3v) is 2.68. The smallest absolute Gasteiger partial charge is 0.127 e. The standard InChI is InChI=1S/C14H21FO2/c1-3-4-5-6-9-17-14-10-12(15)7-8-13(14)11(2)16/h7-8,10-11,16H,3-6,9H2,1-2H3/t11-/m1/s1. The lowest BCUT2D eigenvalue weighted by Gasteiger charge is -2.13. The van der Waals surface area contributed by atoms with Gasteiger partial charge in [-0.2, -0.15) is 0 Å². The van der Waals surface area contributed by atoms with Gasteiger partial charge >= 0.3 is 0 Å². The summed E-state index contributed by atoms with van der Waals surface area (Å²) in [5, 5.41) is 9.53. The minimum Gasteiger partial charge on any atom is -0.493 e. The highest BCUT2D eigenvalue weighted by atomic mass is 19.1. The minimum atomic E-state index is -0.638. The largest absolute Gasteiger partial charge is 0.493 e. The molecular weight excluding hydrogens is 219 g/mol. The van der Waals surface area contributed by atoms with Gasteiger partial charge in [0.1, 0.15) is 11.6 Å². The topological polar surface area (TPSA) is 29.5 Å². The van der Waals surface area contributed by atoms with Crippen LogP contribution < -0.4 is 4.74 Å².